The summed E-state index contributed by atoms with van der Waals surface area (Å²) in [5, 5.41) is -0.548. The van der Waals surface area contributed by atoms with Crippen molar-refractivity contribution in [1.82, 2.24) is 0 Å². The summed E-state index contributed by atoms with van der Waals surface area (Å²) in [5.41, 5.74) is 2.03. The van der Waals surface area contributed by atoms with Crippen LogP contribution in [0.2, 0.25) is 0 Å². The van der Waals surface area contributed by atoms with Gasteiger partial charge in [-0.3, -0.25) is 4.55 Å². The lowest BCUT2D eigenvalue weighted by molar-refractivity contribution is -0.340. The summed E-state index contributed by atoms with van der Waals surface area (Å²) in [7, 11) is -29.1. The fourth-order valence-electron chi connectivity index (χ4n) is 3.55. The lowest BCUT2D eigenvalue weighted by atomic mass is 9.95. The summed E-state index contributed by atoms with van der Waals surface area (Å²) >= 11 is 0. The van der Waals surface area contributed by atoms with E-state index in [1.807, 2.05) is 0 Å². The SMILES string of the molecule is C=CS(=O)(=O)[O-].C=Cc1ccc(CP(=O)([O-])OP(=O)([O-])[O-])cc1.CCC(CC(C)c1ccc(CP(=O)([O-])OP(=O)([O-])[O-])cc1)S(=O)(=O)O. The van der Waals surface area contributed by atoms with Gasteiger partial charge in [0.2, 0.25) is 0 Å². The highest BCUT2D eigenvalue weighted by molar-refractivity contribution is 7.88. The zero-order valence-corrected chi connectivity index (χ0v) is 30.4. The van der Waals surface area contributed by atoms with Crippen LogP contribution in [0.15, 0.2) is 67.1 Å². The molecule has 0 spiro atoms. The number of phosphoric acid groups is 2. The molecule has 0 amide bonds. The molecule has 0 radical (unpaired) electrons. The molecule has 24 heteroatoms. The van der Waals surface area contributed by atoms with Gasteiger partial charge in [-0.25, -0.2) is 8.42 Å². The Kier molecular flexibility index (Phi) is 18.4. The van der Waals surface area contributed by atoms with Gasteiger partial charge < -0.3 is 60.8 Å². The van der Waals surface area contributed by atoms with Gasteiger partial charge >= 0.3 is 0 Å². The van der Waals surface area contributed by atoms with Crippen molar-refractivity contribution in [2.75, 3.05) is 0 Å². The number of rotatable bonds is 15. The van der Waals surface area contributed by atoms with Crippen LogP contribution in [0.3, 0.4) is 0 Å². The Hall–Kier alpha value is -1.66. The molecular formula is C24H31O18P4S2-7. The molecule has 0 saturated carbocycles. The minimum atomic E-state index is -5.64. The van der Waals surface area contributed by atoms with E-state index in [9.17, 15) is 69.0 Å². The average molecular weight is 796 g/mol. The average Bonchev–Trinajstić information content (AvgIpc) is 2.89. The van der Waals surface area contributed by atoms with E-state index in [0.29, 0.717) is 16.5 Å². The molecule has 0 fully saturated rings. The normalized spacial score (nSPS) is 16.0. The fourth-order valence-corrected chi connectivity index (χ4v) is 8.72. The van der Waals surface area contributed by atoms with Crippen molar-refractivity contribution < 1.29 is 82.2 Å². The second-order valence-corrected chi connectivity index (χ2v) is 18.8. The predicted octanol–water partition coefficient (Wildman–Crippen LogP) is 0.649. The molecule has 0 saturated heterocycles. The third-order valence-corrected chi connectivity index (χ3v) is 12.5. The molecule has 0 aliphatic rings. The Bertz CT molecular complexity index is 1750. The van der Waals surface area contributed by atoms with Gasteiger partial charge in [0.1, 0.15) is 25.3 Å². The molecule has 1 N–H and O–H groups in total. The van der Waals surface area contributed by atoms with Crippen LogP contribution in [0.5, 0.6) is 0 Å². The van der Waals surface area contributed by atoms with Gasteiger partial charge in [-0.15, -0.1) is 0 Å². The van der Waals surface area contributed by atoms with Crippen LogP contribution in [-0.2, 0) is 59.4 Å². The van der Waals surface area contributed by atoms with Crippen molar-refractivity contribution in [2.24, 2.45) is 0 Å². The summed E-state index contributed by atoms with van der Waals surface area (Å²) < 4.78 is 110. The summed E-state index contributed by atoms with van der Waals surface area (Å²) in [5.74, 6) is -0.222. The van der Waals surface area contributed by atoms with Crippen molar-refractivity contribution in [3.05, 3.63) is 89.4 Å². The van der Waals surface area contributed by atoms with Gasteiger partial charge in [-0.05, 0) is 41.0 Å². The van der Waals surface area contributed by atoms with Gasteiger partial charge in [0.05, 0.1) is 20.9 Å². The molecule has 0 aliphatic carbocycles. The second kappa shape index (κ2) is 19.1. The molecular weight excluding hydrogens is 764 g/mol. The molecule has 0 aliphatic heterocycles. The molecule has 2 rings (SSSR count). The fraction of sp³-hybridized carbons (Fsp3) is 0.333. The van der Waals surface area contributed by atoms with Gasteiger partial charge in [-0.1, -0.05) is 81.6 Å². The van der Waals surface area contributed by atoms with E-state index in [2.05, 4.69) is 21.8 Å². The van der Waals surface area contributed by atoms with Crippen LogP contribution in [0.1, 0.15) is 54.9 Å². The summed E-state index contributed by atoms with van der Waals surface area (Å²) in [4.78, 5) is 63.9. The lowest BCUT2D eigenvalue weighted by Gasteiger charge is -2.36. The standard InChI is InChI=1S/C13H22O9P2S.C9H12O6P2.C2H4O3S/c1-3-13(25(19,20)21)8-10(2)12-6-4-11(5-7-12)9-23(14,15)22-24(16,17)18;1-2-8-3-5-9(6-4-8)7-16(10,11)15-17(12,13)14;1-2-6(3,4)5/h4-7,10,13H,3,8-9H2,1-2H3,(H,14,15)(H2,16,17,18)(H,19,20,21);2-6H,1,7H2,(H,10,11)(H2,12,13,14);2H,1H2,(H,3,4,5)/p-7. The summed E-state index contributed by atoms with van der Waals surface area (Å²) in [6, 6.07) is 12.1. The number of benzene rings is 2. The highest BCUT2D eigenvalue weighted by Gasteiger charge is 2.24. The molecule has 2 aromatic rings. The molecule has 18 nitrogen and oxygen atoms in total. The molecule has 0 aromatic heterocycles. The molecule has 4 atom stereocenters. The highest BCUT2D eigenvalue weighted by atomic mass is 32.2. The van der Waals surface area contributed by atoms with Gasteiger partial charge in [0, 0.05) is 17.7 Å². The van der Waals surface area contributed by atoms with E-state index < -0.39 is 68.6 Å². The molecule has 0 bridgehead atoms. The minimum absolute atomic E-state index is 0.188. The number of hydrogen-bond donors (Lipinski definition) is 1. The van der Waals surface area contributed by atoms with Crippen LogP contribution >= 0.6 is 30.8 Å². The Labute approximate surface area is 278 Å². The summed E-state index contributed by atoms with van der Waals surface area (Å²) in [6.45, 7) is 9.66. The Balaban J connectivity index is 0.000000825. The minimum Gasteiger partial charge on any atom is -0.790 e. The first-order chi connectivity index (χ1) is 21.5. The summed E-state index contributed by atoms with van der Waals surface area (Å²) in [6.07, 6.45) is 0.591. The van der Waals surface area contributed by atoms with Gasteiger partial charge in [-0.2, -0.15) is 8.42 Å². The van der Waals surface area contributed by atoms with Crippen LogP contribution < -0.4 is 29.4 Å². The topological polar surface area (TPSA) is 337 Å². The van der Waals surface area contributed by atoms with Crippen molar-refractivity contribution >= 4 is 57.1 Å². The third-order valence-electron chi connectivity index (χ3n) is 5.66. The first kappa shape index (κ1) is 46.3. The lowest BCUT2D eigenvalue weighted by Crippen LogP contribution is -2.21. The van der Waals surface area contributed by atoms with Crippen LogP contribution in [0, 0.1) is 0 Å². The zero-order valence-electron chi connectivity index (χ0n) is 25.2. The van der Waals surface area contributed by atoms with Crippen LogP contribution in [0.4, 0.5) is 0 Å². The smallest absolute Gasteiger partial charge is 0.267 e. The predicted molar refractivity (Wildman–Crippen MR) is 162 cm³/mol. The van der Waals surface area contributed by atoms with E-state index in [1.165, 1.54) is 24.3 Å². The Morgan fingerprint density at radius 3 is 1.40 bits per heavy atom. The Morgan fingerprint density at radius 1 is 0.771 bits per heavy atom. The maximum absolute atomic E-state index is 11.5. The van der Waals surface area contributed by atoms with E-state index in [4.69, 9.17) is 4.55 Å². The maximum atomic E-state index is 11.5. The zero-order chi connectivity index (χ0) is 37.8. The quantitative estimate of drug-likeness (QED) is 0.191. The van der Waals surface area contributed by atoms with E-state index in [1.54, 1.807) is 44.2 Å². The third kappa shape index (κ3) is 22.1. The number of hydrogen-bond acceptors (Lipinski definition) is 17. The monoisotopic (exact) mass is 795 g/mol. The van der Waals surface area contributed by atoms with Crippen molar-refractivity contribution in [3.8, 4) is 0 Å². The second-order valence-electron chi connectivity index (χ2n) is 9.62. The van der Waals surface area contributed by atoms with Crippen LogP contribution in [-0.4, -0.2) is 31.2 Å². The van der Waals surface area contributed by atoms with Crippen molar-refractivity contribution in [1.29, 1.82) is 0 Å². The maximum Gasteiger partial charge on any atom is 0.267 e. The first-order valence-corrected chi connectivity index (χ1v) is 22.3. The van der Waals surface area contributed by atoms with Crippen LogP contribution in [0.25, 0.3) is 6.08 Å². The van der Waals surface area contributed by atoms with Gasteiger partial charge in [0.15, 0.2) is 0 Å². The first-order valence-electron chi connectivity index (χ1n) is 12.9. The van der Waals surface area contributed by atoms with Crippen molar-refractivity contribution in [3.63, 3.8) is 0 Å². The Morgan fingerprint density at radius 2 is 1.12 bits per heavy atom. The van der Waals surface area contributed by atoms with Gasteiger partial charge in [0.25, 0.3) is 10.1 Å². The molecule has 2 aromatic carbocycles. The molecule has 0 heterocycles. The largest absolute Gasteiger partial charge is 0.790 e. The highest BCUT2D eigenvalue weighted by Crippen LogP contribution is 2.52. The van der Waals surface area contributed by atoms with E-state index >= 15 is 0 Å². The molecule has 274 valence electrons. The van der Waals surface area contributed by atoms with E-state index in [0.717, 1.165) is 5.56 Å². The molecule has 48 heavy (non-hydrogen) atoms. The molecule has 4 unspecified atom stereocenters. The van der Waals surface area contributed by atoms with Crippen molar-refractivity contribution in [2.45, 2.75) is 50.2 Å². The van der Waals surface area contributed by atoms with E-state index in [-0.39, 0.29) is 24.3 Å².